The minimum absolute atomic E-state index is 0.0894. The number of hydrogen-bond donors (Lipinski definition) is 1. The van der Waals surface area contributed by atoms with Gasteiger partial charge in [0.25, 0.3) is 5.22 Å². The molecule has 5 aromatic rings. The average molecular weight is 477 g/mol. The van der Waals surface area contributed by atoms with Crippen molar-refractivity contribution in [3.63, 3.8) is 0 Å². The SMILES string of the molecule is O=C(CSc1nc(-c2ccccc2)c(-c2ccccc2)o1)NC(c1ccccc1)c1ccccc1. The number of carbonyl (C=O) groups is 1. The van der Waals surface area contributed by atoms with E-state index in [1.165, 1.54) is 11.8 Å². The fourth-order valence-corrected chi connectivity index (χ4v) is 4.56. The number of nitrogens with zero attached hydrogens (tertiary/aromatic N) is 1. The second kappa shape index (κ2) is 10.9. The van der Waals surface area contributed by atoms with E-state index in [0.29, 0.717) is 11.0 Å². The number of rotatable bonds is 8. The molecule has 1 amide bonds. The van der Waals surface area contributed by atoms with Crippen LogP contribution in [-0.2, 0) is 4.79 Å². The summed E-state index contributed by atoms with van der Waals surface area (Å²) in [5, 5.41) is 3.64. The quantitative estimate of drug-likeness (QED) is 0.245. The number of aromatic nitrogens is 1. The molecule has 172 valence electrons. The number of benzene rings is 4. The van der Waals surface area contributed by atoms with Crippen molar-refractivity contribution in [1.82, 2.24) is 10.3 Å². The van der Waals surface area contributed by atoms with E-state index < -0.39 is 0 Å². The smallest absolute Gasteiger partial charge is 0.257 e. The van der Waals surface area contributed by atoms with Gasteiger partial charge in [-0.1, -0.05) is 133 Å². The van der Waals surface area contributed by atoms with E-state index >= 15 is 0 Å². The molecule has 0 aliphatic carbocycles. The molecule has 0 unspecified atom stereocenters. The third kappa shape index (κ3) is 5.53. The van der Waals surface area contributed by atoms with Gasteiger partial charge < -0.3 is 9.73 Å². The fraction of sp³-hybridized carbons (Fsp3) is 0.0667. The Kier molecular flexibility index (Phi) is 7.06. The highest BCUT2D eigenvalue weighted by Gasteiger charge is 2.20. The molecule has 5 heteroatoms. The Balaban J connectivity index is 1.35. The van der Waals surface area contributed by atoms with Crippen LogP contribution < -0.4 is 5.32 Å². The van der Waals surface area contributed by atoms with Crippen LogP contribution in [0, 0.1) is 0 Å². The van der Waals surface area contributed by atoms with Gasteiger partial charge in [0.15, 0.2) is 5.76 Å². The van der Waals surface area contributed by atoms with E-state index in [0.717, 1.165) is 27.9 Å². The lowest BCUT2D eigenvalue weighted by Crippen LogP contribution is -2.30. The molecule has 35 heavy (non-hydrogen) atoms. The van der Waals surface area contributed by atoms with E-state index in [-0.39, 0.29) is 17.7 Å². The molecule has 0 atom stereocenters. The second-order valence-electron chi connectivity index (χ2n) is 8.00. The van der Waals surface area contributed by atoms with Crippen molar-refractivity contribution in [3.05, 3.63) is 132 Å². The monoisotopic (exact) mass is 476 g/mol. The van der Waals surface area contributed by atoms with Crippen LogP contribution in [0.4, 0.5) is 0 Å². The topological polar surface area (TPSA) is 55.1 Å². The number of nitrogens with one attached hydrogen (secondary N) is 1. The molecule has 4 nitrogen and oxygen atoms in total. The Hall–Kier alpha value is -4.09. The van der Waals surface area contributed by atoms with Gasteiger partial charge in [0.1, 0.15) is 5.69 Å². The van der Waals surface area contributed by atoms with Gasteiger partial charge in [-0.15, -0.1) is 0 Å². The van der Waals surface area contributed by atoms with Crippen LogP contribution in [0.1, 0.15) is 17.2 Å². The van der Waals surface area contributed by atoms with Crippen LogP contribution in [0.25, 0.3) is 22.6 Å². The molecule has 0 aliphatic rings. The highest BCUT2D eigenvalue weighted by Crippen LogP contribution is 2.35. The molecule has 1 N–H and O–H groups in total. The van der Waals surface area contributed by atoms with E-state index in [9.17, 15) is 4.79 Å². The van der Waals surface area contributed by atoms with E-state index in [1.807, 2.05) is 121 Å². The lowest BCUT2D eigenvalue weighted by atomic mass is 9.99. The number of carbonyl (C=O) groups excluding carboxylic acids is 1. The normalized spacial score (nSPS) is 10.9. The predicted molar refractivity (Wildman–Crippen MR) is 141 cm³/mol. The Morgan fingerprint density at radius 2 is 1.20 bits per heavy atom. The zero-order valence-corrected chi connectivity index (χ0v) is 19.8. The Labute approximate surface area is 209 Å². The molecule has 5 rings (SSSR count). The first-order valence-electron chi connectivity index (χ1n) is 11.4. The Morgan fingerprint density at radius 3 is 1.74 bits per heavy atom. The van der Waals surface area contributed by atoms with Crippen LogP contribution in [-0.4, -0.2) is 16.6 Å². The fourth-order valence-electron chi connectivity index (χ4n) is 3.92. The summed E-state index contributed by atoms with van der Waals surface area (Å²) in [5.74, 6) is 0.804. The number of thioether (sulfide) groups is 1. The van der Waals surface area contributed by atoms with E-state index in [1.54, 1.807) is 0 Å². The maximum Gasteiger partial charge on any atom is 0.257 e. The van der Waals surface area contributed by atoms with Gasteiger partial charge in [-0.2, -0.15) is 0 Å². The summed E-state index contributed by atoms with van der Waals surface area (Å²) in [6.45, 7) is 0. The highest BCUT2D eigenvalue weighted by molar-refractivity contribution is 7.99. The van der Waals surface area contributed by atoms with Crippen molar-refractivity contribution < 1.29 is 9.21 Å². The molecular formula is C30H24N2O2S. The van der Waals surface area contributed by atoms with Gasteiger partial charge in [0.2, 0.25) is 5.91 Å². The van der Waals surface area contributed by atoms with Gasteiger partial charge in [-0.05, 0) is 11.1 Å². The lowest BCUT2D eigenvalue weighted by molar-refractivity contribution is -0.119. The van der Waals surface area contributed by atoms with E-state index in [2.05, 4.69) is 5.32 Å². The first-order chi connectivity index (χ1) is 17.3. The average Bonchev–Trinajstić information content (AvgIpc) is 3.37. The summed E-state index contributed by atoms with van der Waals surface area (Å²) in [4.78, 5) is 17.7. The number of amides is 1. The minimum Gasteiger partial charge on any atom is -0.431 e. The van der Waals surface area contributed by atoms with Crippen molar-refractivity contribution in [2.24, 2.45) is 0 Å². The third-order valence-corrected chi connectivity index (χ3v) is 6.42. The summed E-state index contributed by atoms with van der Waals surface area (Å²) in [6, 6.07) is 39.6. The highest BCUT2D eigenvalue weighted by atomic mass is 32.2. The molecule has 0 saturated carbocycles. The maximum absolute atomic E-state index is 13.0. The third-order valence-electron chi connectivity index (χ3n) is 5.59. The van der Waals surface area contributed by atoms with Crippen molar-refractivity contribution in [2.45, 2.75) is 11.3 Å². The molecule has 1 aromatic heterocycles. The largest absolute Gasteiger partial charge is 0.431 e. The Morgan fingerprint density at radius 1 is 0.714 bits per heavy atom. The van der Waals surface area contributed by atoms with Crippen LogP contribution in [0.5, 0.6) is 0 Å². The molecule has 4 aromatic carbocycles. The maximum atomic E-state index is 13.0. The van der Waals surface area contributed by atoms with Crippen molar-refractivity contribution >= 4 is 17.7 Å². The molecule has 0 saturated heterocycles. The van der Waals surface area contributed by atoms with Crippen LogP contribution in [0.15, 0.2) is 131 Å². The van der Waals surface area contributed by atoms with Gasteiger partial charge in [-0.3, -0.25) is 4.79 Å². The molecule has 0 fully saturated rings. The Bertz CT molecular complexity index is 1280. The molecule has 0 bridgehead atoms. The summed E-state index contributed by atoms with van der Waals surface area (Å²) >= 11 is 1.30. The van der Waals surface area contributed by atoms with Crippen molar-refractivity contribution in [1.29, 1.82) is 0 Å². The first-order valence-corrected chi connectivity index (χ1v) is 12.4. The molecular weight excluding hydrogens is 452 g/mol. The van der Waals surface area contributed by atoms with Gasteiger partial charge >= 0.3 is 0 Å². The summed E-state index contributed by atoms with van der Waals surface area (Å²) < 4.78 is 6.15. The summed E-state index contributed by atoms with van der Waals surface area (Å²) in [6.07, 6.45) is 0. The predicted octanol–water partition coefficient (Wildman–Crippen LogP) is 7.01. The van der Waals surface area contributed by atoms with Crippen LogP contribution in [0.2, 0.25) is 0 Å². The lowest BCUT2D eigenvalue weighted by Gasteiger charge is -2.19. The molecule has 0 spiro atoms. The first kappa shape index (κ1) is 22.7. The summed E-state index contributed by atoms with van der Waals surface area (Å²) in [7, 11) is 0. The molecule has 0 radical (unpaired) electrons. The standard InChI is InChI=1S/C30H24N2O2S/c33-26(31-27(22-13-5-1-6-14-22)23-15-7-2-8-16-23)21-35-30-32-28(24-17-9-3-10-18-24)29(34-30)25-19-11-4-12-20-25/h1-20,27H,21H2,(H,31,33). The number of hydrogen-bond acceptors (Lipinski definition) is 4. The second-order valence-corrected chi connectivity index (χ2v) is 8.93. The van der Waals surface area contributed by atoms with Gasteiger partial charge in [0, 0.05) is 11.1 Å². The minimum atomic E-state index is -0.227. The van der Waals surface area contributed by atoms with Gasteiger partial charge in [0.05, 0.1) is 11.8 Å². The zero-order valence-electron chi connectivity index (χ0n) is 19.0. The van der Waals surface area contributed by atoms with Gasteiger partial charge in [-0.25, -0.2) is 4.98 Å². The molecule has 1 heterocycles. The van der Waals surface area contributed by atoms with Crippen LogP contribution >= 0.6 is 11.8 Å². The zero-order chi connectivity index (χ0) is 23.9. The van der Waals surface area contributed by atoms with Crippen LogP contribution in [0.3, 0.4) is 0 Å². The summed E-state index contributed by atoms with van der Waals surface area (Å²) in [5.41, 5.74) is 4.76. The van der Waals surface area contributed by atoms with E-state index in [4.69, 9.17) is 9.40 Å². The molecule has 0 aliphatic heterocycles. The van der Waals surface area contributed by atoms with Crippen molar-refractivity contribution in [3.8, 4) is 22.6 Å². The number of oxazole rings is 1. The van der Waals surface area contributed by atoms with Crippen molar-refractivity contribution in [2.75, 3.05) is 5.75 Å².